The Morgan fingerprint density at radius 3 is 2.36 bits per heavy atom. The van der Waals surface area contributed by atoms with Crippen molar-refractivity contribution in [2.75, 3.05) is 10.6 Å². The zero-order chi connectivity index (χ0) is 20.1. The van der Waals surface area contributed by atoms with Gasteiger partial charge >= 0.3 is 6.18 Å². The lowest BCUT2D eigenvalue weighted by molar-refractivity contribution is -0.137. The molecule has 0 aliphatic heterocycles. The number of carbonyl (C=O) groups excluding carboxylic acids is 1. The van der Waals surface area contributed by atoms with Gasteiger partial charge in [0.1, 0.15) is 5.82 Å². The van der Waals surface area contributed by atoms with E-state index in [1.165, 1.54) is 18.2 Å². The molecule has 0 aliphatic rings. The molecule has 3 aromatic rings. The van der Waals surface area contributed by atoms with Crippen LogP contribution in [0, 0.1) is 6.92 Å². The topological polar surface area (TPSA) is 66.9 Å². The number of nitrogens with zero attached hydrogens (tertiary/aromatic N) is 2. The monoisotopic (exact) mass is 386 g/mol. The molecule has 28 heavy (non-hydrogen) atoms. The van der Waals surface area contributed by atoms with Crippen LogP contribution in [0.2, 0.25) is 0 Å². The highest BCUT2D eigenvalue weighted by molar-refractivity contribution is 6.02. The van der Waals surface area contributed by atoms with Crippen LogP contribution in [0.15, 0.2) is 60.7 Å². The molecule has 144 valence electrons. The molecule has 0 unspecified atom stereocenters. The van der Waals surface area contributed by atoms with Gasteiger partial charge in [0.25, 0.3) is 5.91 Å². The summed E-state index contributed by atoms with van der Waals surface area (Å²) in [6, 6.07) is 15.3. The summed E-state index contributed by atoms with van der Waals surface area (Å²) in [7, 11) is 0. The van der Waals surface area contributed by atoms with Gasteiger partial charge in [-0.05, 0) is 48.9 Å². The van der Waals surface area contributed by atoms with Gasteiger partial charge in [-0.2, -0.15) is 13.2 Å². The molecule has 0 radical (unpaired) electrons. The summed E-state index contributed by atoms with van der Waals surface area (Å²) in [5, 5.41) is 13.4. The summed E-state index contributed by atoms with van der Waals surface area (Å²) in [6.45, 7) is 2.57. The van der Waals surface area contributed by atoms with Crippen molar-refractivity contribution < 1.29 is 18.0 Å². The number of aromatic nitrogens is 2. The quantitative estimate of drug-likeness (QED) is 0.669. The predicted molar refractivity (Wildman–Crippen MR) is 99.9 cm³/mol. The number of hydrogen-bond donors (Lipinski definition) is 2. The summed E-state index contributed by atoms with van der Waals surface area (Å²) < 4.78 is 37.7. The van der Waals surface area contributed by atoms with Gasteiger partial charge in [-0.3, -0.25) is 4.79 Å². The summed E-state index contributed by atoms with van der Waals surface area (Å²) >= 11 is 0. The minimum Gasteiger partial charge on any atom is -0.365 e. The van der Waals surface area contributed by atoms with Crippen LogP contribution < -0.4 is 10.6 Å². The van der Waals surface area contributed by atoms with Gasteiger partial charge in [0.2, 0.25) is 0 Å². The zero-order valence-corrected chi connectivity index (χ0v) is 14.9. The maximum Gasteiger partial charge on any atom is 0.416 e. The van der Waals surface area contributed by atoms with Crippen LogP contribution >= 0.6 is 0 Å². The fourth-order valence-corrected chi connectivity index (χ4v) is 2.50. The molecule has 0 saturated heterocycles. The van der Waals surface area contributed by atoms with Gasteiger partial charge in [-0.1, -0.05) is 29.8 Å². The van der Waals surface area contributed by atoms with Gasteiger partial charge in [0.05, 0.1) is 5.56 Å². The van der Waals surface area contributed by atoms with Crippen LogP contribution in [0.3, 0.4) is 0 Å². The Balaban J connectivity index is 1.59. The summed E-state index contributed by atoms with van der Waals surface area (Å²) in [5.74, 6) is -0.0509. The number of alkyl halides is 3. The Kier molecular flexibility index (Phi) is 5.58. The van der Waals surface area contributed by atoms with E-state index in [9.17, 15) is 18.0 Å². The van der Waals surface area contributed by atoms with Crippen LogP contribution in [0.1, 0.15) is 27.2 Å². The average molecular weight is 386 g/mol. The van der Waals surface area contributed by atoms with E-state index in [2.05, 4.69) is 20.8 Å². The third-order valence-electron chi connectivity index (χ3n) is 3.92. The minimum absolute atomic E-state index is 0.0565. The third-order valence-corrected chi connectivity index (χ3v) is 3.92. The van der Waals surface area contributed by atoms with E-state index in [0.717, 1.165) is 23.3 Å². The van der Waals surface area contributed by atoms with E-state index in [-0.39, 0.29) is 11.4 Å². The van der Waals surface area contributed by atoms with Crippen LogP contribution in [0.4, 0.5) is 24.7 Å². The SMILES string of the molecule is Cc1cccc(CNc2ccc(C(=O)Nc3ccc(C(F)(F)F)cc3)nn2)c1. The molecule has 3 rings (SSSR count). The third kappa shape index (κ3) is 5.06. The van der Waals surface area contributed by atoms with E-state index in [1.54, 1.807) is 6.07 Å². The first kappa shape index (κ1) is 19.3. The normalized spacial score (nSPS) is 11.1. The number of rotatable bonds is 5. The van der Waals surface area contributed by atoms with Crippen molar-refractivity contribution in [3.05, 3.63) is 83.0 Å². The fourth-order valence-electron chi connectivity index (χ4n) is 2.50. The van der Waals surface area contributed by atoms with Crippen molar-refractivity contribution >= 4 is 17.4 Å². The van der Waals surface area contributed by atoms with Gasteiger partial charge < -0.3 is 10.6 Å². The standard InChI is InChI=1S/C20H17F3N4O/c1-13-3-2-4-14(11-13)12-24-18-10-9-17(26-27-18)19(28)25-16-7-5-15(6-8-16)20(21,22)23/h2-11H,12H2,1H3,(H,24,27)(H,25,28). The fraction of sp³-hybridized carbons (Fsp3) is 0.150. The van der Waals surface area contributed by atoms with Crippen LogP contribution in [-0.4, -0.2) is 16.1 Å². The van der Waals surface area contributed by atoms with E-state index in [1.807, 2.05) is 31.2 Å². The summed E-state index contributed by atoms with van der Waals surface area (Å²) in [5.41, 5.74) is 1.75. The maximum absolute atomic E-state index is 12.6. The second kappa shape index (κ2) is 8.08. The molecule has 1 amide bonds. The van der Waals surface area contributed by atoms with Crippen molar-refractivity contribution in [2.24, 2.45) is 0 Å². The smallest absolute Gasteiger partial charge is 0.365 e. The molecule has 1 heterocycles. The molecule has 5 nitrogen and oxygen atoms in total. The number of amides is 1. The average Bonchev–Trinajstić information content (AvgIpc) is 2.66. The van der Waals surface area contributed by atoms with E-state index in [4.69, 9.17) is 0 Å². The number of halogens is 3. The Labute approximate surface area is 159 Å². The predicted octanol–water partition coefficient (Wildman–Crippen LogP) is 4.67. The highest BCUT2D eigenvalue weighted by Gasteiger charge is 2.30. The van der Waals surface area contributed by atoms with Crippen LogP contribution in [0.25, 0.3) is 0 Å². The van der Waals surface area contributed by atoms with Gasteiger partial charge in [-0.15, -0.1) is 10.2 Å². The second-order valence-electron chi connectivity index (χ2n) is 6.18. The summed E-state index contributed by atoms with van der Waals surface area (Å²) in [4.78, 5) is 12.2. The Hall–Kier alpha value is -3.42. The molecule has 0 bridgehead atoms. The van der Waals surface area contributed by atoms with Crippen molar-refractivity contribution in [3.63, 3.8) is 0 Å². The highest BCUT2D eigenvalue weighted by Crippen LogP contribution is 2.29. The van der Waals surface area contributed by atoms with Gasteiger partial charge in [0.15, 0.2) is 5.69 Å². The Morgan fingerprint density at radius 1 is 1.00 bits per heavy atom. The molecule has 0 atom stereocenters. The lowest BCUT2D eigenvalue weighted by Crippen LogP contribution is -2.15. The number of hydrogen-bond acceptors (Lipinski definition) is 4. The first-order valence-electron chi connectivity index (χ1n) is 8.43. The molecule has 2 N–H and O–H groups in total. The molecule has 0 saturated carbocycles. The van der Waals surface area contributed by atoms with Crippen LogP contribution in [0.5, 0.6) is 0 Å². The molecule has 1 aromatic heterocycles. The second-order valence-corrected chi connectivity index (χ2v) is 6.18. The zero-order valence-electron chi connectivity index (χ0n) is 14.9. The Morgan fingerprint density at radius 2 is 1.75 bits per heavy atom. The van der Waals surface area contributed by atoms with E-state index in [0.29, 0.717) is 12.4 Å². The molecule has 0 aliphatic carbocycles. The lowest BCUT2D eigenvalue weighted by Gasteiger charge is -2.09. The van der Waals surface area contributed by atoms with E-state index < -0.39 is 17.6 Å². The summed E-state index contributed by atoms with van der Waals surface area (Å²) in [6.07, 6.45) is -4.42. The number of carbonyl (C=O) groups is 1. The molecule has 8 heteroatoms. The van der Waals surface area contributed by atoms with Crippen molar-refractivity contribution in [1.82, 2.24) is 10.2 Å². The first-order valence-corrected chi connectivity index (χ1v) is 8.43. The molecular formula is C20H17F3N4O. The molecular weight excluding hydrogens is 369 g/mol. The van der Waals surface area contributed by atoms with Crippen molar-refractivity contribution in [3.8, 4) is 0 Å². The van der Waals surface area contributed by atoms with Crippen molar-refractivity contribution in [2.45, 2.75) is 19.6 Å². The lowest BCUT2D eigenvalue weighted by atomic mass is 10.1. The van der Waals surface area contributed by atoms with Gasteiger partial charge in [-0.25, -0.2) is 0 Å². The maximum atomic E-state index is 12.6. The highest BCUT2D eigenvalue weighted by atomic mass is 19.4. The minimum atomic E-state index is -4.42. The molecule has 0 spiro atoms. The van der Waals surface area contributed by atoms with Crippen molar-refractivity contribution in [1.29, 1.82) is 0 Å². The Bertz CT molecular complexity index is 954. The molecule has 2 aromatic carbocycles. The molecule has 0 fully saturated rings. The van der Waals surface area contributed by atoms with Crippen LogP contribution in [-0.2, 0) is 12.7 Å². The number of aryl methyl sites for hydroxylation is 1. The van der Waals surface area contributed by atoms with E-state index >= 15 is 0 Å². The number of anilines is 2. The van der Waals surface area contributed by atoms with Gasteiger partial charge in [0, 0.05) is 12.2 Å². The number of benzene rings is 2. The number of nitrogens with one attached hydrogen (secondary N) is 2. The largest absolute Gasteiger partial charge is 0.416 e. The first-order chi connectivity index (χ1) is 13.3.